The summed E-state index contributed by atoms with van der Waals surface area (Å²) in [4.78, 5) is 17.7. The minimum Gasteiger partial charge on any atom is -0.454 e. The first-order chi connectivity index (χ1) is 14.6. The van der Waals surface area contributed by atoms with Crippen LogP contribution < -0.4 is 20.5 Å². The van der Waals surface area contributed by atoms with E-state index in [1.165, 1.54) is 0 Å². The molecular weight excluding hydrogens is 378 g/mol. The standard InChI is InChI=1S/C24H23N3O3.H2/c1-15-19(17-4-2-3-16(11-17)13-25)6-8-22(26-15)27-23(28)24(9-10-24)18-5-7-20-21(12-18)30-14-29-20;/h2-8,11-12H,9-10,13-14,25H2,1H3,(H,26,27,28);1H. The van der Waals surface area contributed by atoms with Crippen molar-refractivity contribution in [1.82, 2.24) is 4.98 Å². The fraction of sp³-hybridized carbons (Fsp3) is 0.250. The first-order valence-corrected chi connectivity index (χ1v) is 10.1. The summed E-state index contributed by atoms with van der Waals surface area (Å²) in [6.45, 7) is 2.67. The molecule has 3 aromatic rings. The van der Waals surface area contributed by atoms with Crippen LogP contribution in [0.4, 0.5) is 5.82 Å². The van der Waals surface area contributed by atoms with Gasteiger partial charge in [0.2, 0.25) is 12.7 Å². The Labute approximate surface area is 176 Å². The van der Waals surface area contributed by atoms with E-state index in [2.05, 4.69) is 16.4 Å². The number of anilines is 1. The number of aromatic nitrogens is 1. The van der Waals surface area contributed by atoms with E-state index < -0.39 is 5.41 Å². The van der Waals surface area contributed by atoms with Gasteiger partial charge < -0.3 is 20.5 Å². The molecule has 30 heavy (non-hydrogen) atoms. The first kappa shape index (κ1) is 18.6. The molecule has 154 valence electrons. The molecule has 2 aliphatic rings. The molecule has 0 spiro atoms. The summed E-state index contributed by atoms with van der Waals surface area (Å²) in [7, 11) is 0. The summed E-state index contributed by atoms with van der Waals surface area (Å²) < 4.78 is 10.9. The van der Waals surface area contributed by atoms with E-state index >= 15 is 0 Å². The minimum absolute atomic E-state index is 0. The van der Waals surface area contributed by atoms with Crippen molar-refractivity contribution in [2.45, 2.75) is 31.7 Å². The largest absolute Gasteiger partial charge is 0.454 e. The maximum Gasteiger partial charge on any atom is 0.236 e. The number of rotatable bonds is 5. The third kappa shape index (κ3) is 3.19. The van der Waals surface area contributed by atoms with Crippen molar-refractivity contribution in [2.24, 2.45) is 5.73 Å². The summed E-state index contributed by atoms with van der Waals surface area (Å²) in [5, 5.41) is 3.01. The summed E-state index contributed by atoms with van der Waals surface area (Å²) in [5.41, 5.74) is 10.2. The van der Waals surface area contributed by atoms with Gasteiger partial charge in [-0.05, 0) is 66.8 Å². The van der Waals surface area contributed by atoms with Gasteiger partial charge >= 0.3 is 0 Å². The Morgan fingerprint density at radius 2 is 1.97 bits per heavy atom. The fourth-order valence-electron chi connectivity index (χ4n) is 4.00. The van der Waals surface area contributed by atoms with Crippen molar-refractivity contribution in [3.63, 3.8) is 0 Å². The Morgan fingerprint density at radius 1 is 1.13 bits per heavy atom. The summed E-state index contributed by atoms with van der Waals surface area (Å²) in [6, 6.07) is 17.7. The van der Waals surface area contributed by atoms with Gasteiger partial charge in [0.15, 0.2) is 11.5 Å². The Morgan fingerprint density at radius 3 is 2.73 bits per heavy atom. The van der Waals surface area contributed by atoms with Crippen molar-refractivity contribution in [2.75, 3.05) is 12.1 Å². The molecule has 2 heterocycles. The van der Waals surface area contributed by atoms with Crippen LogP contribution in [-0.4, -0.2) is 17.7 Å². The molecule has 0 radical (unpaired) electrons. The molecule has 1 amide bonds. The number of hydrogen-bond acceptors (Lipinski definition) is 5. The number of nitrogens with one attached hydrogen (secondary N) is 1. The Kier molecular flexibility index (Phi) is 4.44. The van der Waals surface area contributed by atoms with Crippen molar-refractivity contribution in [1.29, 1.82) is 0 Å². The summed E-state index contributed by atoms with van der Waals surface area (Å²) in [6.07, 6.45) is 1.61. The Bertz CT molecular complexity index is 1140. The van der Waals surface area contributed by atoms with Gasteiger partial charge in [-0.1, -0.05) is 24.3 Å². The van der Waals surface area contributed by atoms with Crippen molar-refractivity contribution in [3.05, 3.63) is 71.4 Å². The second kappa shape index (κ2) is 7.15. The third-order valence-corrected chi connectivity index (χ3v) is 5.91. The van der Waals surface area contributed by atoms with E-state index in [-0.39, 0.29) is 14.1 Å². The van der Waals surface area contributed by atoms with E-state index in [9.17, 15) is 4.79 Å². The molecule has 0 unspecified atom stereocenters. The van der Waals surface area contributed by atoms with E-state index in [1.54, 1.807) is 0 Å². The van der Waals surface area contributed by atoms with Crippen LogP contribution >= 0.6 is 0 Å². The number of nitrogens with zero attached hydrogens (tertiary/aromatic N) is 1. The second-order valence-electron chi connectivity index (χ2n) is 7.84. The molecule has 6 heteroatoms. The highest BCUT2D eigenvalue weighted by Gasteiger charge is 2.51. The number of amides is 1. The molecule has 1 aliphatic heterocycles. The zero-order valence-corrected chi connectivity index (χ0v) is 16.8. The molecule has 2 aromatic carbocycles. The zero-order valence-electron chi connectivity index (χ0n) is 16.8. The average Bonchev–Trinajstić information content (AvgIpc) is 3.45. The summed E-state index contributed by atoms with van der Waals surface area (Å²) >= 11 is 0. The Balaban J connectivity index is 0.00000231. The quantitative estimate of drug-likeness (QED) is 0.668. The Hall–Kier alpha value is -3.38. The molecule has 6 nitrogen and oxygen atoms in total. The number of fused-ring (bicyclic) bond motifs is 1. The van der Waals surface area contributed by atoms with E-state index in [1.807, 2.05) is 55.5 Å². The lowest BCUT2D eigenvalue weighted by molar-refractivity contribution is -0.118. The average molecular weight is 403 g/mol. The van der Waals surface area contributed by atoms with Gasteiger partial charge in [0.05, 0.1) is 5.41 Å². The SMILES string of the molecule is Cc1nc(NC(=O)C2(c3ccc4c(c3)OCO4)CC2)ccc1-c1cccc(CN)c1.[HH]. The van der Waals surface area contributed by atoms with Gasteiger partial charge in [-0.3, -0.25) is 4.79 Å². The number of pyridine rings is 1. The number of carbonyl (C=O) groups is 1. The number of hydrogen-bond donors (Lipinski definition) is 2. The topological polar surface area (TPSA) is 86.5 Å². The highest BCUT2D eigenvalue weighted by Crippen LogP contribution is 2.51. The lowest BCUT2D eigenvalue weighted by Crippen LogP contribution is -2.28. The molecule has 0 bridgehead atoms. The predicted molar refractivity (Wildman–Crippen MR) is 117 cm³/mol. The van der Waals surface area contributed by atoms with Gasteiger partial charge in [-0.15, -0.1) is 0 Å². The highest BCUT2D eigenvalue weighted by molar-refractivity contribution is 6.01. The number of benzene rings is 2. The van der Waals surface area contributed by atoms with Crippen molar-refractivity contribution >= 4 is 11.7 Å². The summed E-state index contributed by atoms with van der Waals surface area (Å²) in [5.74, 6) is 1.94. The van der Waals surface area contributed by atoms with E-state index in [4.69, 9.17) is 15.2 Å². The van der Waals surface area contributed by atoms with E-state index in [0.717, 1.165) is 46.5 Å². The third-order valence-electron chi connectivity index (χ3n) is 5.91. The molecular formula is C24H25N3O3. The lowest BCUT2D eigenvalue weighted by atomic mass is 9.94. The van der Waals surface area contributed by atoms with Crippen LogP contribution in [-0.2, 0) is 16.8 Å². The predicted octanol–water partition coefficient (Wildman–Crippen LogP) is 4.16. The molecule has 1 aliphatic carbocycles. The van der Waals surface area contributed by atoms with Crippen LogP contribution in [0.5, 0.6) is 11.5 Å². The monoisotopic (exact) mass is 403 g/mol. The van der Waals surface area contributed by atoms with Crippen LogP contribution in [0.25, 0.3) is 11.1 Å². The van der Waals surface area contributed by atoms with Gasteiger partial charge in [0.25, 0.3) is 0 Å². The van der Waals surface area contributed by atoms with Crippen LogP contribution in [0.15, 0.2) is 54.6 Å². The maximum atomic E-state index is 13.1. The molecule has 5 rings (SSSR count). The molecule has 1 saturated carbocycles. The highest BCUT2D eigenvalue weighted by atomic mass is 16.7. The molecule has 3 N–H and O–H groups in total. The van der Waals surface area contributed by atoms with Gasteiger partial charge in [0.1, 0.15) is 5.82 Å². The molecule has 1 fully saturated rings. The minimum atomic E-state index is -0.523. The maximum absolute atomic E-state index is 13.1. The van der Waals surface area contributed by atoms with Crippen molar-refractivity contribution in [3.8, 4) is 22.6 Å². The normalized spacial score (nSPS) is 15.7. The van der Waals surface area contributed by atoms with Gasteiger partial charge in [-0.25, -0.2) is 4.98 Å². The van der Waals surface area contributed by atoms with Crippen LogP contribution in [0.3, 0.4) is 0 Å². The second-order valence-corrected chi connectivity index (χ2v) is 7.84. The van der Waals surface area contributed by atoms with E-state index in [0.29, 0.717) is 18.1 Å². The number of nitrogens with two attached hydrogens (primary N) is 1. The zero-order chi connectivity index (χ0) is 20.7. The van der Waals surface area contributed by atoms with Crippen LogP contribution in [0.1, 0.15) is 31.1 Å². The smallest absolute Gasteiger partial charge is 0.236 e. The van der Waals surface area contributed by atoms with Crippen molar-refractivity contribution < 1.29 is 15.7 Å². The number of carbonyl (C=O) groups excluding carboxylic acids is 1. The first-order valence-electron chi connectivity index (χ1n) is 10.1. The fourth-order valence-corrected chi connectivity index (χ4v) is 4.00. The number of ether oxygens (including phenoxy) is 2. The van der Waals surface area contributed by atoms with Crippen LogP contribution in [0, 0.1) is 6.92 Å². The molecule has 0 saturated heterocycles. The molecule has 0 atom stereocenters. The van der Waals surface area contributed by atoms with Gasteiger partial charge in [-0.2, -0.15) is 0 Å². The number of aryl methyl sites for hydroxylation is 1. The lowest BCUT2D eigenvalue weighted by Gasteiger charge is -2.17. The van der Waals surface area contributed by atoms with Crippen LogP contribution in [0.2, 0.25) is 0 Å². The van der Waals surface area contributed by atoms with Gasteiger partial charge in [0, 0.05) is 19.2 Å². The molecule has 1 aromatic heterocycles.